The van der Waals surface area contributed by atoms with Gasteiger partial charge in [-0.1, -0.05) is 119 Å². The predicted octanol–water partition coefficient (Wildman–Crippen LogP) is 4.27. The van der Waals surface area contributed by atoms with E-state index < -0.39 is 0 Å². The van der Waals surface area contributed by atoms with E-state index in [-0.39, 0.29) is 44.7 Å². The Morgan fingerprint density at radius 2 is 0.424 bits per heavy atom. The molecule has 0 spiro atoms. The number of aryl methyl sites for hydroxylation is 4. The van der Waals surface area contributed by atoms with Crippen molar-refractivity contribution >= 4 is 0 Å². The summed E-state index contributed by atoms with van der Waals surface area (Å²) in [5.74, 6) is 0.317. The molecule has 0 heterocycles. The van der Waals surface area contributed by atoms with E-state index in [2.05, 4.69) is 0 Å². The van der Waals surface area contributed by atoms with E-state index >= 15 is 0 Å². The van der Waals surface area contributed by atoms with Crippen LogP contribution in [0.5, 0.6) is 23.0 Å². The fourth-order valence-corrected chi connectivity index (χ4v) is 2.15. The monoisotopic (exact) mass is 476 g/mol. The minimum atomic E-state index is 0. The first-order valence-corrected chi connectivity index (χ1v) is 10.1. The maximum Gasteiger partial charge on any atom is 4.00 e. The molecule has 0 unspecified atom stereocenters. The van der Waals surface area contributed by atoms with Crippen LogP contribution in [0.15, 0.2) is 97.1 Å². The Kier molecular flexibility index (Phi) is 14.8. The van der Waals surface area contributed by atoms with Crippen LogP contribution in [0.2, 0.25) is 0 Å². The summed E-state index contributed by atoms with van der Waals surface area (Å²) in [5.41, 5.74) is 4.52. The predicted molar refractivity (Wildman–Crippen MR) is 123 cm³/mol. The molecule has 0 saturated heterocycles. The van der Waals surface area contributed by atoms with Crippen molar-refractivity contribution < 1.29 is 42.1 Å². The van der Waals surface area contributed by atoms with Gasteiger partial charge >= 0.3 is 21.7 Å². The Hall–Kier alpha value is -3.21. The standard InChI is InChI=1S/4C7H8O.Ti/c4*1-6-2-4-7(8)5-3-6;/h4*2-5,8H,1H3;/q;;;;+4/p-4. The van der Waals surface area contributed by atoms with Gasteiger partial charge in [-0.3, -0.25) is 0 Å². The van der Waals surface area contributed by atoms with Gasteiger partial charge in [0.1, 0.15) is 0 Å². The van der Waals surface area contributed by atoms with Crippen molar-refractivity contribution in [3.63, 3.8) is 0 Å². The van der Waals surface area contributed by atoms with Crippen molar-refractivity contribution in [3.8, 4) is 23.0 Å². The van der Waals surface area contributed by atoms with Crippen molar-refractivity contribution in [1.29, 1.82) is 0 Å². The minimum Gasteiger partial charge on any atom is -0.872 e. The van der Waals surface area contributed by atoms with E-state index in [9.17, 15) is 20.4 Å². The molecular weight excluding hydrogens is 448 g/mol. The Morgan fingerprint density at radius 1 is 0.303 bits per heavy atom. The molecule has 0 saturated carbocycles. The summed E-state index contributed by atoms with van der Waals surface area (Å²) in [4.78, 5) is 0. The molecule has 0 aromatic heterocycles. The molecule has 5 heteroatoms. The summed E-state index contributed by atoms with van der Waals surface area (Å²) in [6.07, 6.45) is 0. The van der Waals surface area contributed by atoms with Gasteiger partial charge in [0.2, 0.25) is 0 Å². The third-order valence-electron chi connectivity index (χ3n) is 4.08. The van der Waals surface area contributed by atoms with Crippen molar-refractivity contribution in [1.82, 2.24) is 0 Å². The summed E-state index contributed by atoms with van der Waals surface area (Å²) in [5, 5.41) is 41.7. The molecule has 0 fully saturated rings. The molecule has 4 rings (SSSR count). The largest absolute Gasteiger partial charge is 4.00 e. The van der Waals surface area contributed by atoms with Gasteiger partial charge in [0.25, 0.3) is 0 Å². The summed E-state index contributed by atoms with van der Waals surface area (Å²) in [6, 6.07) is 27.0. The van der Waals surface area contributed by atoms with Gasteiger partial charge in [-0.15, -0.1) is 23.0 Å². The van der Waals surface area contributed by atoms with Crippen LogP contribution in [0.4, 0.5) is 0 Å². The number of hydrogen-bond acceptors (Lipinski definition) is 4. The number of hydrogen-bond donors (Lipinski definition) is 0. The van der Waals surface area contributed by atoms with Crippen molar-refractivity contribution in [2.75, 3.05) is 0 Å². The molecule has 0 N–H and O–H groups in total. The van der Waals surface area contributed by atoms with Crippen molar-refractivity contribution in [2.24, 2.45) is 0 Å². The number of rotatable bonds is 0. The maximum absolute atomic E-state index is 10.4. The molecule has 0 radical (unpaired) electrons. The first-order valence-electron chi connectivity index (χ1n) is 10.1. The van der Waals surface area contributed by atoms with Gasteiger partial charge in [0.15, 0.2) is 0 Å². The van der Waals surface area contributed by atoms with Crippen LogP contribution in [0.1, 0.15) is 22.3 Å². The first-order chi connectivity index (χ1) is 15.2. The zero-order chi connectivity index (χ0) is 23.9. The van der Waals surface area contributed by atoms with Crippen LogP contribution in [0, 0.1) is 27.7 Å². The second kappa shape index (κ2) is 16.4. The van der Waals surface area contributed by atoms with Crippen LogP contribution in [-0.2, 0) is 21.7 Å². The molecule has 0 bridgehead atoms. The molecule has 4 nitrogen and oxygen atoms in total. The zero-order valence-corrected chi connectivity index (χ0v) is 20.9. The van der Waals surface area contributed by atoms with Gasteiger partial charge in [-0.25, -0.2) is 0 Å². The van der Waals surface area contributed by atoms with Crippen LogP contribution in [0.25, 0.3) is 0 Å². The SMILES string of the molecule is Cc1ccc([O-])cc1.Cc1ccc([O-])cc1.Cc1ccc([O-])cc1.Cc1ccc([O-])cc1.[Ti+4]. The molecule has 0 atom stereocenters. The third-order valence-corrected chi connectivity index (χ3v) is 4.08. The van der Waals surface area contributed by atoms with Crippen LogP contribution in [-0.4, -0.2) is 0 Å². The van der Waals surface area contributed by atoms with Crippen molar-refractivity contribution in [3.05, 3.63) is 119 Å². The molecule has 0 amide bonds. The third kappa shape index (κ3) is 15.3. The molecule has 4 aromatic rings. The van der Waals surface area contributed by atoms with E-state index in [1.807, 2.05) is 76.2 Å². The first kappa shape index (κ1) is 29.8. The van der Waals surface area contributed by atoms with E-state index in [1.165, 1.54) is 0 Å². The molecule has 0 aliphatic carbocycles. The Morgan fingerprint density at radius 3 is 0.515 bits per heavy atom. The summed E-state index contributed by atoms with van der Waals surface area (Å²) >= 11 is 0. The van der Waals surface area contributed by atoms with Gasteiger partial charge in [-0.05, 0) is 27.7 Å². The Labute approximate surface area is 211 Å². The second-order valence-corrected chi connectivity index (χ2v) is 7.25. The average molecular weight is 476 g/mol. The Balaban J connectivity index is 0.000000410. The average Bonchev–Trinajstić information content (AvgIpc) is 2.78. The van der Waals surface area contributed by atoms with Crippen LogP contribution in [0.3, 0.4) is 0 Å². The summed E-state index contributed by atoms with van der Waals surface area (Å²) < 4.78 is 0. The fraction of sp³-hybridized carbons (Fsp3) is 0.143. The molecule has 33 heavy (non-hydrogen) atoms. The normalized spacial score (nSPS) is 8.85. The van der Waals surface area contributed by atoms with E-state index in [4.69, 9.17) is 0 Å². The summed E-state index contributed by atoms with van der Waals surface area (Å²) in [7, 11) is 0. The zero-order valence-electron chi connectivity index (χ0n) is 19.4. The van der Waals surface area contributed by atoms with E-state index in [1.54, 1.807) is 48.5 Å². The molecule has 4 aromatic carbocycles. The van der Waals surface area contributed by atoms with Crippen molar-refractivity contribution in [2.45, 2.75) is 27.7 Å². The topological polar surface area (TPSA) is 92.2 Å². The van der Waals surface area contributed by atoms with E-state index in [0.717, 1.165) is 22.3 Å². The van der Waals surface area contributed by atoms with E-state index in [0.29, 0.717) is 0 Å². The van der Waals surface area contributed by atoms with Gasteiger partial charge in [0.05, 0.1) is 0 Å². The maximum atomic E-state index is 10.4. The number of benzene rings is 4. The van der Waals surface area contributed by atoms with Gasteiger partial charge in [-0.2, -0.15) is 0 Å². The molecule has 0 aliphatic rings. The summed E-state index contributed by atoms with van der Waals surface area (Å²) in [6.45, 7) is 7.83. The Bertz CT molecular complexity index is 753. The minimum absolute atomic E-state index is 0. The fourth-order valence-electron chi connectivity index (χ4n) is 2.15. The second-order valence-electron chi connectivity index (χ2n) is 7.25. The molecular formula is C28H28O4Ti. The molecule has 0 aliphatic heterocycles. The molecule has 168 valence electrons. The van der Waals surface area contributed by atoms with Gasteiger partial charge in [0, 0.05) is 0 Å². The van der Waals surface area contributed by atoms with Crippen LogP contribution >= 0.6 is 0 Å². The van der Waals surface area contributed by atoms with Crippen LogP contribution < -0.4 is 20.4 Å². The van der Waals surface area contributed by atoms with Gasteiger partial charge < -0.3 is 20.4 Å². The quantitative estimate of drug-likeness (QED) is 0.355. The smallest absolute Gasteiger partial charge is 0.872 e.